The molecule has 0 bridgehead atoms. The topological polar surface area (TPSA) is 77.8 Å². The molecule has 0 saturated heterocycles. The van der Waals surface area contributed by atoms with E-state index in [2.05, 4.69) is 0 Å². The molecule has 4 nitrogen and oxygen atoms in total. The fourth-order valence-corrected chi connectivity index (χ4v) is 0.500. The molecular weight excluding hydrogens is 136 g/mol. The molecule has 0 spiro atoms. The molecule has 10 heavy (non-hydrogen) atoms. The van der Waals surface area contributed by atoms with Crippen molar-refractivity contribution in [1.29, 1.82) is 0 Å². The second-order valence-corrected chi connectivity index (χ2v) is 2.25. The van der Waals surface area contributed by atoms with Gasteiger partial charge in [-0.3, -0.25) is 0 Å². The predicted molar refractivity (Wildman–Crippen MR) is 34.4 cm³/mol. The highest BCUT2D eigenvalue weighted by molar-refractivity contribution is 5.55. The Morgan fingerprint density at radius 2 is 1.90 bits per heavy atom. The van der Waals surface area contributed by atoms with Gasteiger partial charge in [-0.15, -0.1) is 0 Å². The van der Waals surface area contributed by atoms with E-state index in [4.69, 9.17) is 15.3 Å². The molecule has 0 radical (unpaired) electrons. The van der Waals surface area contributed by atoms with Crippen LogP contribution in [0.5, 0.6) is 0 Å². The summed E-state index contributed by atoms with van der Waals surface area (Å²) in [6, 6.07) is 0. The van der Waals surface area contributed by atoms with Crippen LogP contribution >= 0.6 is 0 Å². The zero-order valence-electron chi connectivity index (χ0n) is 5.77. The van der Waals surface area contributed by atoms with E-state index in [1.807, 2.05) is 0 Å². The molecule has 0 aromatic heterocycles. The molecule has 0 fully saturated rings. The van der Waals surface area contributed by atoms with Crippen LogP contribution in [0, 0.1) is 0 Å². The van der Waals surface area contributed by atoms with Gasteiger partial charge in [0.05, 0.1) is 12.2 Å². The van der Waals surface area contributed by atoms with Crippen LogP contribution in [-0.4, -0.2) is 39.9 Å². The lowest BCUT2D eigenvalue weighted by Crippen LogP contribution is -2.28. The van der Waals surface area contributed by atoms with Gasteiger partial charge in [-0.2, -0.15) is 0 Å². The van der Waals surface area contributed by atoms with Crippen LogP contribution in [0.1, 0.15) is 13.3 Å². The highest BCUT2D eigenvalue weighted by Gasteiger charge is 2.14. The highest BCUT2D eigenvalue weighted by atomic mass is 16.3. The molecule has 0 heterocycles. The molecule has 0 aliphatic rings. The van der Waals surface area contributed by atoms with Crippen molar-refractivity contribution in [1.82, 2.24) is 0 Å². The summed E-state index contributed by atoms with van der Waals surface area (Å²) >= 11 is 0. The van der Waals surface area contributed by atoms with E-state index in [-0.39, 0.29) is 6.42 Å². The Labute approximate surface area is 59.1 Å². The third kappa shape index (κ3) is 3.55. The fourth-order valence-electron chi connectivity index (χ4n) is 0.500. The fraction of sp³-hybridized carbons (Fsp3) is 0.833. The number of carbonyl (C=O) groups is 1. The quantitative estimate of drug-likeness (QED) is 0.432. The smallest absolute Gasteiger partial charge is 0.148 e. The van der Waals surface area contributed by atoms with E-state index >= 15 is 0 Å². The first kappa shape index (κ1) is 9.55. The van der Waals surface area contributed by atoms with Gasteiger partial charge in [-0.1, -0.05) is 0 Å². The van der Waals surface area contributed by atoms with Gasteiger partial charge < -0.3 is 20.1 Å². The summed E-state index contributed by atoms with van der Waals surface area (Å²) in [6.07, 6.45) is -2.90. The molecule has 0 saturated carbocycles. The largest absolute Gasteiger partial charge is 0.391 e. The van der Waals surface area contributed by atoms with Crippen molar-refractivity contribution >= 4 is 6.29 Å². The maximum absolute atomic E-state index is 9.82. The standard InChI is InChI=1S/C6H12O4/c1-4(8)6(10)2-5(9)3-7/h3-6,8-10H,2H2,1H3/t4-,5-,6-/m0/s1. The second kappa shape index (κ2) is 4.38. The summed E-state index contributed by atoms with van der Waals surface area (Å²) in [5, 5.41) is 26.2. The molecule has 4 heteroatoms. The summed E-state index contributed by atoms with van der Waals surface area (Å²) in [7, 11) is 0. The molecule has 0 aliphatic carbocycles. The van der Waals surface area contributed by atoms with Crippen molar-refractivity contribution in [3.05, 3.63) is 0 Å². The Morgan fingerprint density at radius 1 is 1.40 bits per heavy atom. The minimum atomic E-state index is -1.18. The highest BCUT2D eigenvalue weighted by Crippen LogP contribution is 2.00. The lowest BCUT2D eigenvalue weighted by atomic mass is 10.1. The third-order valence-electron chi connectivity index (χ3n) is 1.20. The number of rotatable bonds is 4. The monoisotopic (exact) mass is 148 g/mol. The summed E-state index contributed by atoms with van der Waals surface area (Å²) in [5.74, 6) is 0. The zero-order valence-corrected chi connectivity index (χ0v) is 5.77. The Kier molecular flexibility index (Phi) is 4.18. The summed E-state index contributed by atoms with van der Waals surface area (Å²) in [6.45, 7) is 1.39. The molecule has 60 valence electrons. The van der Waals surface area contributed by atoms with Crippen LogP contribution in [-0.2, 0) is 4.79 Å². The van der Waals surface area contributed by atoms with Gasteiger partial charge in [-0.25, -0.2) is 0 Å². The summed E-state index contributed by atoms with van der Waals surface area (Å²) in [4.78, 5) is 9.82. The van der Waals surface area contributed by atoms with E-state index < -0.39 is 18.3 Å². The van der Waals surface area contributed by atoms with Crippen molar-refractivity contribution in [3.8, 4) is 0 Å². The van der Waals surface area contributed by atoms with E-state index in [0.29, 0.717) is 6.29 Å². The van der Waals surface area contributed by atoms with Crippen LogP contribution in [0.2, 0.25) is 0 Å². The molecule has 3 atom stereocenters. The number of carbonyl (C=O) groups excluding carboxylic acids is 1. The van der Waals surface area contributed by atoms with Crippen molar-refractivity contribution in [2.45, 2.75) is 31.7 Å². The first-order valence-electron chi connectivity index (χ1n) is 3.07. The molecule has 0 aliphatic heterocycles. The average Bonchev–Trinajstić information content (AvgIpc) is 1.87. The first-order valence-corrected chi connectivity index (χ1v) is 3.07. The van der Waals surface area contributed by atoms with Gasteiger partial charge in [0, 0.05) is 6.42 Å². The lowest BCUT2D eigenvalue weighted by molar-refractivity contribution is -0.117. The third-order valence-corrected chi connectivity index (χ3v) is 1.20. The van der Waals surface area contributed by atoms with Gasteiger partial charge in [0.1, 0.15) is 12.4 Å². The van der Waals surface area contributed by atoms with Crippen molar-refractivity contribution < 1.29 is 20.1 Å². The van der Waals surface area contributed by atoms with Crippen molar-refractivity contribution in [3.63, 3.8) is 0 Å². The molecule has 0 amide bonds. The number of aliphatic hydroxyl groups is 3. The normalized spacial score (nSPS) is 19.6. The van der Waals surface area contributed by atoms with E-state index in [1.165, 1.54) is 6.92 Å². The van der Waals surface area contributed by atoms with E-state index in [1.54, 1.807) is 0 Å². The number of hydrogen-bond donors (Lipinski definition) is 3. The number of aldehydes is 1. The van der Waals surface area contributed by atoms with Crippen LogP contribution in [0.15, 0.2) is 0 Å². The molecule has 0 unspecified atom stereocenters. The first-order chi connectivity index (χ1) is 4.57. The maximum atomic E-state index is 9.82. The van der Waals surface area contributed by atoms with Gasteiger partial charge >= 0.3 is 0 Å². The SMILES string of the molecule is C[C@H](O)[C@@H](O)C[C@H](O)C=O. The average molecular weight is 148 g/mol. The Balaban J connectivity index is 3.56. The van der Waals surface area contributed by atoms with Crippen molar-refractivity contribution in [2.24, 2.45) is 0 Å². The lowest BCUT2D eigenvalue weighted by Gasteiger charge is -2.13. The Hall–Kier alpha value is -0.450. The summed E-state index contributed by atoms with van der Waals surface area (Å²) < 4.78 is 0. The molecular formula is C6H12O4. The Morgan fingerprint density at radius 3 is 2.20 bits per heavy atom. The van der Waals surface area contributed by atoms with Crippen LogP contribution in [0.4, 0.5) is 0 Å². The van der Waals surface area contributed by atoms with Crippen LogP contribution in [0.3, 0.4) is 0 Å². The number of aliphatic hydroxyl groups excluding tert-OH is 3. The zero-order chi connectivity index (χ0) is 8.15. The minimum Gasteiger partial charge on any atom is -0.391 e. The van der Waals surface area contributed by atoms with E-state index in [0.717, 1.165) is 0 Å². The number of hydrogen-bond acceptors (Lipinski definition) is 4. The van der Waals surface area contributed by atoms with E-state index in [9.17, 15) is 4.79 Å². The molecule has 0 aromatic rings. The second-order valence-electron chi connectivity index (χ2n) is 2.25. The van der Waals surface area contributed by atoms with Crippen LogP contribution < -0.4 is 0 Å². The molecule has 3 N–H and O–H groups in total. The van der Waals surface area contributed by atoms with Crippen LogP contribution in [0.25, 0.3) is 0 Å². The predicted octanol–water partition coefficient (Wildman–Crippen LogP) is -1.32. The van der Waals surface area contributed by atoms with Gasteiger partial charge in [0.25, 0.3) is 0 Å². The maximum Gasteiger partial charge on any atom is 0.148 e. The minimum absolute atomic E-state index is 0.110. The van der Waals surface area contributed by atoms with Gasteiger partial charge in [-0.05, 0) is 6.92 Å². The Bertz CT molecular complexity index is 102. The van der Waals surface area contributed by atoms with Gasteiger partial charge in [0.15, 0.2) is 0 Å². The van der Waals surface area contributed by atoms with Gasteiger partial charge in [0.2, 0.25) is 0 Å². The summed E-state index contributed by atoms with van der Waals surface area (Å²) in [5.41, 5.74) is 0. The van der Waals surface area contributed by atoms with Crippen molar-refractivity contribution in [2.75, 3.05) is 0 Å². The molecule has 0 aromatic carbocycles. The molecule has 0 rings (SSSR count).